The number of amides is 2. The molecular weight excluding hydrogens is 466 g/mol. The number of anilines is 2. The number of rotatable bonds is 9. The second-order valence-corrected chi connectivity index (χ2v) is 9.71. The molecule has 0 aliphatic heterocycles. The van der Waals surface area contributed by atoms with Gasteiger partial charge in [-0.2, -0.15) is 0 Å². The Morgan fingerprint density at radius 3 is 2.17 bits per heavy atom. The van der Waals surface area contributed by atoms with Crippen LogP contribution in [0, 0.1) is 6.92 Å². The Morgan fingerprint density at radius 1 is 0.943 bits per heavy atom. The van der Waals surface area contributed by atoms with Gasteiger partial charge in [-0.05, 0) is 73.5 Å². The smallest absolute Gasteiger partial charge is 0.261 e. The molecule has 0 saturated carbocycles. The number of sulfonamides is 1. The van der Waals surface area contributed by atoms with E-state index in [0.29, 0.717) is 29.1 Å². The second kappa shape index (κ2) is 11.1. The number of ether oxygens (including phenoxy) is 1. The molecule has 0 aromatic heterocycles. The minimum absolute atomic E-state index is 0.0206. The first-order chi connectivity index (χ1) is 16.6. The van der Waals surface area contributed by atoms with Crippen LogP contribution in [-0.4, -0.2) is 27.3 Å². The summed E-state index contributed by atoms with van der Waals surface area (Å²) in [4.78, 5) is 24.5. The number of nitrogens with one attached hydrogen (secondary N) is 3. The fourth-order valence-corrected chi connectivity index (χ4v) is 4.43. The van der Waals surface area contributed by atoms with E-state index in [0.717, 1.165) is 5.56 Å². The van der Waals surface area contributed by atoms with Crippen LogP contribution in [0.3, 0.4) is 0 Å². The topological polar surface area (TPSA) is 114 Å². The summed E-state index contributed by atoms with van der Waals surface area (Å²) < 4.78 is 33.4. The van der Waals surface area contributed by atoms with E-state index in [2.05, 4.69) is 15.4 Å². The molecule has 35 heavy (non-hydrogen) atoms. The van der Waals surface area contributed by atoms with E-state index in [4.69, 9.17) is 4.74 Å². The highest BCUT2D eigenvalue weighted by molar-refractivity contribution is 7.92. The van der Waals surface area contributed by atoms with Crippen LogP contribution in [0.15, 0.2) is 71.6 Å². The van der Waals surface area contributed by atoms with Crippen molar-refractivity contribution >= 4 is 33.2 Å². The third-order valence-electron chi connectivity index (χ3n) is 5.47. The number of hydrogen-bond donors (Lipinski definition) is 3. The van der Waals surface area contributed by atoms with Crippen molar-refractivity contribution in [2.45, 2.75) is 38.1 Å². The lowest BCUT2D eigenvalue weighted by Gasteiger charge is -2.17. The SMILES string of the molecule is CCC(=O)Nc1ccc(C(C)NC(=O)c2cc(S(=O)(=O)Nc3ccc(OC)cc3)ccc2C)cc1. The van der Waals surface area contributed by atoms with Gasteiger partial charge in [-0.1, -0.05) is 25.1 Å². The van der Waals surface area contributed by atoms with Crippen LogP contribution in [0.1, 0.15) is 47.8 Å². The maximum atomic E-state index is 13.0. The minimum atomic E-state index is -3.91. The average molecular weight is 496 g/mol. The molecule has 0 radical (unpaired) electrons. The molecule has 3 aromatic carbocycles. The van der Waals surface area contributed by atoms with E-state index in [1.54, 1.807) is 56.3 Å². The molecule has 0 fully saturated rings. The van der Waals surface area contributed by atoms with Gasteiger partial charge in [0, 0.05) is 23.4 Å². The molecule has 0 saturated heterocycles. The van der Waals surface area contributed by atoms with Crippen molar-refractivity contribution in [2.24, 2.45) is 0 Å². The van der Waals surface area contributed by atoms with Gasteiger partial charge < -0.3 is 15.4 Å². The zero-order valence-corrected chi connectivity index (χ0v) is 20.9. The molecule has 184 valence electrons. The summed E-state index contributed by atoms with van der Waals surface area (Å²) in [7, 11) is -2.38. The van der Waals surface area contributed by atoms with E-state index in [-0.39, 0.29) is 28.3 Å². The van der Waals surface area contributed by atoms with Crippen molar-refractivity contribution in [3.8, 4) is 5.75 Å². The molecule has 3 N–H and O–H groups in total. The molecule has 0 spiro atoms. The standard InChI is InChI=1S/C26H29N3O5S/c1-5-25(30)28-20-9-7-19(8-10-20)18(3)27-26(31)24-16-23(15-6-17(24)2)35(32,33)29-21-11-13-22(34-4)14-12-21/h6-16,18,29H,5H2,1-4H3,(H,27,31)(H,28,30). The fraction of sp³-hybridized carbons (Fsp3) is 0.231. The third-order valence-corrected chi connectivity index (χ3v) is 6.85. The van der Waals surface area contributed by atoms with Crippen molar-refractivity contribution < 1.29 is 22.7 Å². The number of carbonyl (C=O) groups is 2. The lowest BCUT2D eigenvalue weighted by atomic mass is 10.1. The van der Waals surface area contributed by atoms with Crippen LogP contribution in [0.5, 0.6) is 5.75 Å². The van der Waals surface area contributed by atoms with Crippen molar-refractivity contribution in [3.63, 3.8) is 0 Å². The molecule has 2 amide bonds. The van der Waals surface area contributed by atoms with E-state index < -0.39 is 10.0 Å². The molecule has 1 atom stereocenters. The van der Waals surface area contributed by atoms with Crippen molar-refractivity contribution in [3.05, 3.63) is 83.4 Å². The van der Waals surface area contributed by atoms with Crippen molar-refractivity contribution in [2.75, 3.05) is 17.1 Å². The van der Waals surface area contributed by atoms with Gasteiger partial charge in [-0.25, -0.2) is 8.42 Å². The maximum absolute atomic E-state index is 13.0. The van der Waals surface area contributed by atoms with Crippen LogP contribution < -0.4 is 20.1 Å². The number of hydrogen-bond acceptors (Lipinski definition) is 5. The predicted molar refractivity (Wildman–Crippen MR) is 136 cm³/mol. The van der Waals surface area contributed by atoms with Crippen LogP contribution in [0.4, 0.5) is 11.4 Å². The van der Waals surface area contributed by atoms with Crippen LogP contribution in [-0.2, 0) is 14.8 Å². The molecule has 0 aliphatic rings. The Kier molecular flexibility index (Phi) is 8.14. The highest BCUT2D eigenvalue weighted by atomic mass is 32.2. The Labute approximate surface area is 205 Å². The first-order valence-electron chi connectivity index (χ1n) is 11.1. The summed E-state index contributed by atoms with van der Waals surface area (Å²) in [6.07, 6.45) is 0.387. The highest BCUT2D eigenvalue weighted by Gasteiger charge is 2.20. The van der Waals surface area contributed by atoms with Crippen LogP contribution in [0.2, 0.25) is 0 Å². The predicted octanol–water partition coefficient (Wildman–Crippen LogP) is 4.64. The van der Waals surface area contributed by atoms with E-state index in [1.165, 1.54) is 19.2 Å². The van der Waals surface area contributed by atoms with E-state index in [1.807, 2.05) is 19.1 Å². The second-order valence-electron chi connectivity index (χ2n) is 8.03. The van der Waals surface area contributed by atoms with Gasteiger partial charge in [0.1, 0.15) is 5.75 Å². The molecule has 9 heteroatoms. The summed E-state index contributed by atoms with van der Waals surface area (Å²) in [6.45, 7) is 5.36. The Hall–Kier alpha value is -3.85. The van der Waals surface area contributed by atoms with Gasteiger partial charge in [0.25, 0.3) is 15.9 Å². The van der Waals surface area contributed by atoms with Crippen molar-refractivity contribution in [1.82, 2.24) is 5.32 Å². The molecule has 0 aliphatic carbocycles. The molecule has 3 rings (SSSR count). The third kappa shape index (κ3) is 6.60. The van der Waals surface area contributed by atoms with Gasteiger partial charge >= 0.3 is 0 Å². The first-order valence-corrected chi connectivity index (χ1v) is 12.6. The molecule has 3 aromatic rings. The minimum Gasteiger partial charge on any atom is -0.497 e. The number of aryl methyl sites for hydroxylation is 1. The summed E-state index contributed by atoms with van der Waals surface area (Å²) in [5.74, 6) is 0.141. The lowest BCUT2D eigenvalue weighted by Crippen LogP contribution is -2.27. The Balaban J connectivity index is 1.74. The zero-order valence-electron chi connectivity index (χ0n) is 20.1. The maximum Gasteiger partial charge on any atom is 0.261 e. The van der Waals surface area contributed by atoms with E-state index in [9.17, 15) is 18.0 Å². The fourth-order valence-electron chi connectivity index (χ4n) is 3.35. The highest BCUT2D eigenvalue weighted by Crippen LogP contribution is 2.22. The molecule has 1 unspecified atom stereocenters. The van der Waals surface area contributed by atoms with Gasteiger partial charge in [0.2, 0.25) is 5.91 Å². The first kappa shape index (κ1) is 25.8. The largest absolute Gasteiger partial charge is 0.497 e. The average Bonchev–Trinajstić information content (AvgIpc) is 2.84. The molecule has 0 bridgehead atoms. The quantitative estimate of drug-likeness (QED) is 0.400. The Morgan fingerprint density at radius 2 is 1.57 bits per heavy atom. The van der Waals surface area contributed by atoms with Gasteiger partial charge in [0.15, 0.2) is 0 Å². The molecular formula is C26H29N3O5S. The summed E-state index contributed by atoms with van der Waals surface area (Å²) in [6, 6.07) is 17.8. The number of benzene rings is 3. The van der Waals surface area contributed by atoms with Crippen LogP contribution >= 0.6 is 0 Å². The Bertz CT molecular complexity index is 1300. The molecule has 0 heterocycles. The lowest BCUT2D eigenvalue weighted by molar-refractivity contribution is -0.115. The number of methoxy groups -OCH3 is 1. The van der Waals surface area contributed by atoms with E-state index >= 15 is 0 Å². The monoisotopic (exact) mass is 495 g/mol. The zero-order chi connectivity index (χ0) is 25.6. The summed E-state index contributed by atoms with van der Waals surface area (Å²) >= 11 is 0. The summed E-state index contributed by atoms with van der Waals surface area (Å²) in [5.41, 5.74) is 2.81. The van der Waals surface area contributed by atoms with Crippen molar-refractivity contribution in [1.29, 1.82) is 0 Å². The summed E-state index contributed by atoms with van der Waals surface area (Å²) in [5, 5.41) is 5.69. The van der Waals surface area contributed by atoms with Gasteiger partial charge in [-0.15, -0.1) is 0 Å². The molecule has 8 nitrogen and oxygen atoms in total. The van der Waals surface area contributed by atoms with Crippen LogP contribution in [0.25, 0.3) is 0 Å². The number of carbonyl (C=O) groups excluding carboxylic acids is 2. The van der Waals surface area contributed by atoms with Gasteiger partial charge in [-0.3, -0.25) is 14.3 Å². The van der Waals surface area contributed by atoms with Gasteiger partial charge in [0.05, 0.1) is 18.0 Å². The normalized spacial score (nSPS) is 11.9.